The van der Waals surface area contributed by atoms with Gasteiger partial charge in [0.05, 0.1) is 24.1 Å². The average Bonchev–Trinajstić information content (AvgIpc) is 2.94. The number of aromatic nitrogens is 1. The molecular formula is C21H19BrFNO2. The number of halogens is 2. The lowest BCUT2D eigenvalue weighted by Crippen LogP contribution is -2.05. The van der Waals surface area contributed by atoms with Crippen LogP contribution in [0.2, 0.25) is 0 Å². The molecule has 0 N–H and O–H groups in total. The van der Waals surface area contributed by atoms with E-state index in [0.717, 1.165) is 28.2 Å². The second kappa shape index (κ2) is 7.08. The Morgan fingerprint density at radius 2 is 1.77 bits per heavy atom. The molecule has 0 atom stereocenters. The van der Waals surface area contributed by atoms with E-state index in [0.29, 0.717) is 10.0 Å². The molecule has 0 fully saturated rings. The summed E-state index contributed by atoms with van der Waals surface area (Å²) in [5, 5.41) is 0. The summed E-state index contributed by atoms with van der Waals surface area (Å²) in [6.45, 7) is 5.96. The number of hydrogen-bond acceptors (Lipinski definition) is 2. The molecule has 3 aromatic rings. The highest BCUT2D eigenvalue weighted by Gasteiger charge is 2.21. The number of esters is 1. The predicted octanol–water partition coefficient (Wildman–Crippen LogP) is 5.76. The van der Waals surface area contributed by atoms with Crippen LogP contribution in [-0.4, -0.2) is 17.6 Å². The van der Waals surface area contributed by atoms with Crippen LogP contribution in [0.15, 0.2) is 46.9 Å². The van der Waals surface area contributed by atoms with Crippen LogP contribution < -0.4 is 0 Å². The topological polar surface area (TPSA) is 31.2 Å². The first-order valence-electron chi connectivity index (χ1n) is 8.17. The summed E-state index contributed by atoms with van der Waals surface area (Å²) in [5.41, 5.74) is 6.15. The fraction of sp³-hybridized carbons (Fsp3) is 0.190. The van der Waals surface area contributed by atoms with Crippen molar-refractivity contribution in [2.24, 2.45) is 0 Å². The minimum absolute atomic E-state index is 0.327. The van der Waals surface area contributed by atoms with Crippen molar-refractivity contribution in [3.05, 3.63) is 75.1 Å². The van der Waals surface area contributed by atoms with Gasteiger partial charge >= 0.3 is 5.97 Å². The summed E-state index contributed by atoms with van der Waals surface area (Å²) >= 11 is 3.44. The second-order valence-corrected chi connectivity index (χ2v) is 7.10. The fourth-order valence-corrected chi connectivity index (χ4v) is 3.54. The van der Waals surface area contributed by atoms with Gasteiger partial charge in [-0.1, -0.05) is 12.1 Å². The maximum atomic E-state index is 13.6. The van der Waals surface area contributed by atoms with E-state index in [1.54, 1.807) is 6.07 Å². The van der Waals surface area contributed by atoms with E-state index in [9.17, 15) is 9.18 Å². The highest BCUT2D eigenvalue weighted by Crippen LogP contribution is 2.34. The third-order valence-corrected chi connectivity index (χ3v) is 5.24. The molecule has 0 saturated heterocycles. The van der Waals surface area contributed by atoms with Crippen molar-refractivity contribution in [2.45, 2.75) is 20.8 Å². The standard InChI is InChI=1S/C21H19BrFNO2/c1-12-5-6-15(9-13(12)2)20-11-17(21(25)26-4)14(3)24(20)19-8-7-16(23)10-18(19)22/h5-11H,1-4H3. The van der Waals surface area contributed by atoms with Crippen molar-refractivity contribution in [1.29, 1.82) is 0 Å². The van der Waals surface area contributed by atoms with Gasteiger partial charge in [-0.25, -0.2) is 9.18 Å². The van der Waals surface area contributed by atoms with Crippen LogP contribution in [0, 0.1) is 26.6 Å². The van der Waals surface area contributed by atoms with Gasteiger partial charge in [0, 0.05) is 10.2 Å². The molecule has 0 aliphatic heterocycles. The van der Waals surface area contributed by atoms with Gasteiger partial charge in [-0.2, -0.15) is 0 Å². The van der Waals surface area contributed by atoms with Crippen LogP contribution in [-0.2, 0) is 4.74 Å². The van der Waals surface area contributed by atoms with Crippen LogP contribution in [0.4, 0.5) is 4.39 Å². The summed E-state index contributed by atoms with van der Waals surface area (Å²) < 4.78 is 21.0. The van der Waals surface area contributed by atoms with Gasteiger partial charge < -0.3 is 9.30 Å². The molecule has 26 heavy (non-hydrogen) atoms. The third kappa shape index (κ3) is 3.19. The number of nitrogens with zero attached hydrogens (tertiary/aromatic N) is 1. The largest absolute Gasteiger partial charge is 0.465 e. The van der Waals surface area contributed by atoms with Crippen molar-refractivity contribution in [3.8, 4) is 16.9 Å². The Labute approximate surface area is 160 Å². The maximum Gasteiger partial charge on any atom is 0.339 e. The van der Waals surface area contributed by atoms with E-state index >= 15 is 0 Å². The Kier molecular flexibility index (Phi) is 5.01. The van der Waals surface area contributed by atoms with Gasteiger partial charge in [0.2, 0.25) is 0 Å². The summed E-state index contributed by atoms with van der Waals surface area (Å²) in [5.74, 6) is -0.726. The molecule has 0 radical (unpaired) electrons. The smallest absolute Gasteiger partial charge is 0.339 e. The number of benzene rings is 2. The van der Waals surface area contributed by atoms with Gasteiger partial charge in [-0.05, 0) is 83.7 Å². The minimum atomic E-state index is -0.399. The first-order chi connectivity index (χ1) is 12.3. The van der Waals surface area contributed by atoms with Gasteiger partial charge in [-0.15, -0.1) is 0 Å². The molecule has 1 aromatic heterocycles. The molecule has 0 unspecified atom stereocenters. The fourth-order valence-electron chi connectivity index (χ4n) is 3.01. The molecular weight excluding hydrogens is 397 g/mol. The monoisotopic (exact) mass is 415 g/mol. The Morgan fingerprint density at radius 3 is 2.38 bits per heavy atom. The van der Waals surface area contributed by atoms with Crippen LogP contribution in [0.1, 0.15) is 27.2 Å². The van der Waals surface area contributed by atoms with Gasteiger partial charge in [0.25, 0.3) is 0 Å². The molecule has 134 valence electrons. The predicted molar refractivity (Wildman–Crippen MR) is 104 cm³/mol. The number of carbonyl (C=O) groups excluding carboxylic acids is 1. The lowest BCUT2D eigenvalue weighted by atomic mass is 10.0. The van der Waals surface area contributed by atoms with Crippen molar-refractivity contribution < 1.29 is 13.9 Å². The quantitative estimate of drug-likeness (QED) is 0.509. The number of hydrogen-bond donors (Lipinski definition) is 0. The molecule has 3 rings (SSSR count). The normalized spacial score (nSPS) is 10.8. The maximum absolute atomic E-state index is 13.6. The zero-order chi connectivity index (χ0) is 19.0. The van der Waals surface area contributed by atoms with Gasteiger partial charge in [0.1, 0.15) is 5.82 Å². The van der Waals surface area contributed by atoms with E-state index < -0.39 is 5.97 Å². The third-order valence-electron chi connectivity index (χ3n) is 4.61. The SMILES string of the molecule is COC(=O)c1cc(-c2ccc(C)c(C)c2)n(-c2ccc(F)cc2Br)c1C. The highest BCUT2D eigenvalue weighted by atomic mass is 79.9. The van der Waals surface area contributed by atoms with E-state index in [1.807, 2.05) is 30.5 Å². The molecule has 5 heteroatoms. The Balaban J connectivity index is 2.32. The molecule has 0 saturated carbocycles. The van der Waals surface area contributed by atoms with Crippen LogP contribution >= 0.6 is 15.9 Å². The van der Waals surface area contributed by atoms with Crippen molar-refractivity contribution >= 4 is 21.9 Å². The summed E-state index contributed by atoms with van der Waals surface area (Å²) in [6, 6.07) is 12.5. The number of rotatable bonds is 3. The summed E-state index contributed by atoms with van der Waals surface area (Å²) in [6.07, 6.45) is 0. The Bertz CT molecular complexity index is 1010. The minimum Gasteiger partial charge on any atom is -0.465 e. The second-order valence-electron chi connectivity index (χ2n) is 6.25. The molecule has 0 aliphatic rings. The lowest BCUT2D eigenvalue weighted by Gasteiger charge is -2.15. The molecule has 0 spiro atoms. The summed E-state index contributed by atoms with van der Waals surface area (Å²) in [7, 11) is 1.36. The van der Waals surface area contributed by atoms with Crippen LogP contribution in [0.5, 0.6) is 0 Å². The summed E-state index contributed by atoms with van der Waals surface area (Å²) in [4.78, 5) is 12.2. The molecule has 2 aromatic carbocycles. The van der Waals surface area contributed by atoms with Crippen molar-refractivity contribution in [3.63, 3.8) is 0 Å². The Morgan fingerprint density at radius 1 is 1.04 bits per heavy atom. The number of carbonyl (C=O) groups is 1. The van der Waals surface area contributed by atoms with E-state index in [1.165, 1.54) is 24.8 Å². The molecule has 1 heterocycles. The van der Waals surface area contributed by atoms with E-state index in [-0.39, 0.29) is 5.82 Å². The Hall–Kier alpha value is -2.40. The highest BCUT2D eigenvalue weighted by molar-refractivity contribution is 9.10. The van der Waals surface area contributed by atoms with Crippen LogP contribution in [0.25, 0.3) is 16.9 Å². The van der Waals surface area contributed by atoms with Crippen molar-refractivity contribution in [1.82, 2.24) is 4.57 Å². The lowest BCUT2D eigenvalue weighted by molar-refractivity contribution is 0.0600. The number of aryl methyl sites for hydroxylation is 2. The average molecular weight is 416 g/mol. The number of ether oxygens (including phenoxy) is 1. The first kappa shape index (κ1) is 18.4. The first-order valence-corrected chi connectivity index (χ1v) is 8.96. The molecule has 0 amide bonds. The van der Waals surface area contributed by atoms with Crippen molar-refractivity contribution in [2.75, 3.05) is 7.11 Å². The molecule has 0 bridgehead atoms. The van der Waals surface area contributed by atoms with Crippen LogP contribution in [0.3, 0.4) is 0 Å². The molecule has 0 aliphatic carbocycles. The molecule has 3 nitrogen and oxygen atoms in total. The zero-order valence-corrected chi connectivity index (χ0v) is 16.6. The zero-order valence-electron chi connectivity index (χ0n) is 15.1. The van der Waals surface area contributed by atoms with E-state index in [2.05, 4.69) is 35.0 Å². The van der Waals surface area contributed by atoms with Gasteiger partial charge in [0.15, 0.2) is 0 Å². The van der Waals surface area contributed by atoms with Gasteiger partial charge in [-0.3, -0.25) is 0 Å². The van der Waals surface area contributed by atoms with E-state index in [4.69, 9.17) is 4.74 Å². The number of methoxy groups -OCH3 is 1.